The van der Waals surface area contributed by atoms with Crippen molar-refractivity contribution in [1.82, 2.24) is 4.57 Å². The van der Waals surface area contributed by atoms with Crippen molar-refractivity contribution >= 4 is 26.8 Å². The SMILES string of the molecule is Cn1cc(Br)c2cc(CCC3(N)CC3)ccc21. The summed E-state index contributed by atoms with van der Waals surface area (Å²) in [6.45, 7) is 0. The average Bonchev–Trinajstić information content (AvgIpc) is 2.98. The summed E-state index contributed by atoms with van der Waals surface area (Å²) >= 11 is 3.61. The van der Waals surface area contributed by atoms with Crippen LogP contribution in [0.5, 0.6) is 0 Å². The van der Waals surface area contributed by atoms with E-state index < -0.39 is 0 Å². The zero-order valence-electron chi connectivity index (χ0n) is 10.0. The van der Waals surface area contributed by atoms with Crippen LogP contribution in [0.3, 0.4) is 0 Å². The molecule has 17 heavy (non-hydrogen) atoms. The lowest BCUT2D eigenvalue weighted by Gasteiger charge is -2.08. The number of halogens is 1. The molecule has 1 aromatic carbocycles. The van der Waals surface area contributed by atoms with Crippen LogP contribution in [0.25, 0.3) is 10.9 Å². The van der Waals surface area contributed by atoms with E-state index in [0.29, 0.717) is 0 Å². The second kappa shape index (κ2) is 3.85. The summed E-state index contributed by atoms with van der Waals surface area (Å²) in [5.74, 6) is 0. The van der Waals surface area contributed by atoms with Gasteiger partial charge in [-0.2, -0.15) is 0 Å². The fourth-order valence-corrected chi connectivity index (χ4v) is 2.98. The molecule has 1 aliphatic rings. The Labute approximate surface area is 110 Å². The van der Waals surface area contributed by atoms with Gasteiger partial charge in [-0.15, -0.1) is 0 Å². The number of nitrogens with two attached hydrogens (primary N) is 1. The molecule has 0 atom stereocenters. The fourth-order valence-electron chi connectivity index (χ4n) is 2.35. The van der Waals surface area contributed by atoms with Gasteiger partial charge in [0.1, 0.15) is 0 Å². The van der Waals surface area contributed by atoms with Crippen molar-refractivity contribution in [2.24, 2.45) is 12.8 Å². The van der Waals surface area contributed by atoms with Crippen molar-refractivity contribution in [2.75, 3.05) is 0 Å². The Bertz CT molecular complexity index is 567. The minimum Gasteiger partial charge on any atom is -0.349 e. The van der Waals surface area contributed by atoms with Crippen molar-refractivity contribution < 1.29 is 0 Å². The molecule has 2 aromatic rings. The number of benzene rings is 1. The molecule has 2 nitrogen and oxygen atoms in total. The Morgan fingerprint density at radius 1 is 1.41 bits per heavy atom. The first-order valence-electron chi connectivity index (χ1n) is 6.10. The average molecular weight is 293 g/mol. The van der Waals surface area contributed by atoms with E-state index in [1.165, 1.54) is 33.8 Å². The van der Waals surface area contributed by atoms with Gasteiger partial charge in [0.05, 0.1) is 0 Å². The van der Waals surface area contributed by atoms with Crippen LogP contribution in [0.2, 0.25) is 0 Å². The molecule has 0 saturated heterocycles. The second-order valence-corrected chi connectivity index (χ2v) is 6.16. The Kier molecular flexibility index (Phi) is 2.56. The van der Waals surface area contributed by atoms with E-state index in [1.54, 1.807) is 0 Å². The smallest absolute Gasteiger partial charge is 0.0489 e. The molecule has 0 spiro atoms. The van der Waals surface area contributed by atoms with Crippen LogP contribution in [0, 0.1) is 0 Å². The van der Waals surface area contributed by atoms with E-state index in [4.69, 9.17) is 5.73 Å². The monoisotopic (exact) mass is 292 g/mol. The molecule has 90 valence electrons. The summed E-state index contributed by atoms with van der Waals surface area (Å²) in [6.07, 6.45) is 6.71. The quantitative estimate of drug-likeness (QED) is 0.924. The molecule has 0 amide bonds. The summed E-state index contributed by atoms with van der Waals surface area (Å²) in [5, 5.41) is 1.30. The topological polar surface area (TPSA) is 30.9 Å². The number of hydrogen-bond donors (Lipinski definition) is 1. The van der Waals surface area contributed by atoms with Crippen molar-refractivity contribution in [1.29, 1.82) is 0 Å². The maximum Gasteiger partial charge on any atom is 0.0489 e. The van der Waals surface area contributed by atoms with Crippen LogP contribution >= 0.6 is 15.9 Å². The molecule has 1 heterocycles. The maximum absolute atomic E-state index is 6.13. The van der Waals surface area contributed by atoms with Crippen LogP contribution in [-0.4, -0.2) is 10.1 Å². The fraction of sp³-hybridized carbons (Fsp3) is 0.429. The third-order valence-corrected chi connectivity index (χ3v) is 4.44. The lowest BCUT2D eigenvalue weighted by atomic mass is 10.0. The number of aromatic nitrogens is 1. The van der Waals surface area contributed by atoms with Gasteiger partial charge >= 0.3 is 0 Å². The van der Waals surface area contributed by atoms with Crippen molar-refractivity contribution in [3.8, 4) is 0 Å². The zero-order valence-corrected chi connectivity index (χ0v) is 11.6. The molecule has 1 fully saturated rings. The minimum absolute atomic E-state index is 0.156. The first kappa shape index (κ1) is 11.3. The van der Waals surface area contributed by atoms with Gasteiger partial charge in [-0.25, -0.2) is 0 Å². The first-order chi connectivity index (χ1) is 8.07. The minimum atomic E-state index is 0.156. The molecule has 3 heteroatoms. The largest absolute Gasteiger partial charge is 0.349 e. The standard InChI is InChI=1S/C14H17BrN2/c1-17-9-12(15)11-8-10(2-3-13(11)17)4-5-14(16)6-7-14/h2-3,8-9H,4-7,16H2,1H3. The predicted molar refractivity (Wildman–Crippen MR) is 75.1 cm³/mol. The summed E-state index contributed by atoms with van der Waals surface area (Å²) in [7, 11) is 2.08. The number of hydrogen-bond acceptors (Lipinski definition) is 1. The Morgan fingerprint density at radius 3 is 2.88 bits per heavy atom. The first-order valence-corrected chi connectivity index (χ1v) is 6.89. The van der Waals surface area contributed by atoms with Crippen LogP contribution in [-0.2, 0) is 13.5 Å². The van der Waals surface area contributed by atoms with Gasteiger partial charge in [0.2, 0.25) is 0 Å². The van der Waals surface area contributed by atoms with Crippen LogP contribution in [0.4, 0.5) is 0 Å². The summed E-state index contributed by atoms with van der Waals surface area (Å²) in [6, 6.07) is 6.71. The number of aryl methyl sites for hydroxylation is 2. The molecule has 2 N–H and O–H groups in total. The molecule has 0 bridgehead atoms. The van der Waals surface area contributed by atoms with Crippen molar-refractivity contribution in [2.45, 2.75) is 31.2 Å². The van der Waals surface area contributed by atoms with Crippen molar-refractivity contribution in [3.05, 3.63) is 34.4 Å². The Hall–Kier alpha value is -0.800. The van der Waals surface area contributed by atoms with Gasteiger partial charge in [0.15, 0.2) is 0 Å². The summed E-state index contributed by atoms with van der Waals surface area (Å²) in [4.78, 5) is 0. The number of rotatable bonds is 3. The van der Waals surface area contributed by atoms with E-state index in [0.717, 1.165) is 12.8 Å². The highest BCUT2D eigenvalue weighted by Gasteiger charge is 2.37. The van der Waals surface area contributed by atoms with Gasteiger partial charge in [0.25, 0.3) is 0 Å². The maximum atomic E-state index is 6.13. The highest BCUT2D eigenvalue weighted by Crippen LogP contribution is 2.37. The van der Waals surface area contributed by atoms with Crippen LogP contribution in [0.1, 0.15) is 24.8 Å². The molecular weight excluding hydrogens is 276 g/mol. The molecule has 0 unspecified atom stereocenters. The van der Waals surface area contributed by atoms with Gasteiger partial charge < -0.3 is 10.3 Å². The zero-order chi connectivity index (χ0) is 12.0. The summed E-state index contributed by atoms with van der Waals surface area (Å²) in [5.41, 5.74) is 8.95. The summed E-state index contributed by atoms with van der Waals surface area (Å²) < 4.78 is 3.32. The molecule has 1 aromatic heterocycles. The third-order valence-electron chi connectivity index (χ3n) is 3.81. The van der Waals surface area contributed by atoms with Gasteiger partial charge in [0, 0.05) is 34.2 Å². The number of nitrogens with zero attached hydrogens (tertiary/aromatic N) is 1. The van der Waals surface area contributed by atoms with E-state index >= 15 is 0 Å². The van der Waals surface area contributed by atoms with Crippen molar-refractivity contribution in [3.63, 3.8) is 0 Å². The van der Waals surface area contributed by atoms with Gasteiger partial charge in [-0.3, -0.25) is 0 Å². The molecular formula is C14H17BrN2. The second-order valence-electron chi connectivity index (χ2n) is 5.30. The Morgan fingerprint density at radius 2 is 2.18 bits per heavy atom. The predicted octanol–water partition coefficient (Wildman–Crippen LogP) is 3.36. The highest BCUT2D eigenvalue weighted by molar-refractivity contribution is 9.10. The molecule has 1 aliphatic carbocycles. The number of fused-ring (bicyclic) bond motifs is 1. The lowest BCUT2D eigenvalue weighted by molar-refractivity contribution is 0.609. The van der Waals surface area contributed by atoms with E-state index in [2.05, 4.69) is 51.9 Å². The van der Waals surface area contributed by atoms with Gasteiger partial charge in [-0.05, 0) is 59.3 Å². The highest BCUT2D eigenvalue weighted by atomic mass is 79.9. The lowest BCUT2D eigenvalue weighted by Crippen LogP contribution is -2.22. The van der Waals surface area contributed by atoms with E-state index in [1.807, 2.05) is 0 Å². The Balaban J connectivity index is 1.88. The normalized spacial score (nSPS) is 17.6. The molecule has 0 aliphatic heterocycles. The van der Waals surface area contributed by atoms with Gasteiger partial charge in [-0.1, -0.05) is 6.07 Å². The molecule has 0 radical (unpaired) electrons. The van der Waals surface area contributed by atoms with Crippen LogP contribution < -0.4 is 5.73 Å². The molecule has 1 saturated carbocycles. The van der Waals surface area contributed by atoms with Crippen LogP contribution in [0.15, 0.2) is 28.9 Å². The van der Waals surface area contributed by atoms with E-state index in [9.17, 15) is 0 Å². The molecule has 3 rings (SSSR count). The third kappa shape index (κ3) is 2.14. The van der Waals surface area contributed by atoms with E-state index in [-0.39, 0.29) is 5.54 Å².